The van der Waals surface area contributed by atoms with Crippen LogP contribution in [0, 0.1) is 5.92 Å². The fraction of sp³-hybridized carbons (Fsp3) is 0.478. The number of H-pyrrole nitrogens is 1. The highest BCUT2D eigenvalue weighted by Crippen LogP contribution is 2.23. The van der Waals surface area contributed by atoms with Gasteiger partial charge in [0, 0.05) is 49.2 Å². The number of piperidine rings is 1. The second-order valence-corrected chi connectivity index (χ2v) is 7.64. The van der Waals surface area contributed by atoms with Crippen LogP contribution in [0.4, 0.5) is 0 Å². The molecule has 0 bridgehead atoms. The molecule has 30 heavy (non-hydrogen) atoms. The number of carbonyl (C=O) groups excluding carboxylic acids is 2. The summed E-state index contributed by atoms with van der Waals surface area (Å²) in [6, 6.07) is 8.69. The summed E-state index contributed by atoms with van der Waals surface area (Å²) in [5.41, 5.74) is 1.31. The Kier molecular flexibility index (Phi) is 7.38. The number of carbonyl (C=O) groups is 2. The van der Waals surface area contributed by atoms with Gasteiger partial charge in [-0.25, -0.2) is 4.98 Å². The van der Waals surface area contributed by atoms with Crippen LogP contribution in [0.5, 0.6) is 5.75 Å². The van der Waals surface area contributed by atoms with E-state index in [1.165, 1.54) is 6.07 Å². The third kappa shape index (κ3) is 5.55. The third-order valence-corrected chi connectivity index (χ3v) is 5.60. The SMILES string of the molecule is CCc1cc(=O)[nH]c(CCCC(=O)N2CCC(C(=O)c3ccc(OC)cc3)CC2)n1. The summed E-state index contributed by atoms with van der Waals surface area (Å²) in [6.07, 6.45) is 3.70. The molecule has 7 heteroatoms. The number of benzene rings is 1. The lowest BCUT2D eigenvalue weighted by Crippen LogP contribution is -2.40. The van der Waals surface area contributed by atoms with Gasteiger partial charge >= 0.3 is 0 Å². The molecule has 160 valence electrons. The van der Waals surface area contributed by atoms with Crippen molar-refractivity contribution in [1.82, 2.24) is 14.9 Å². The van der Waals surface area contributed by atoms with Gasteiger partial charge in [-0.2, -0.15) is 0 Å². The molecular formula is C23H29N3O4. The average molecular weight is 412 g/mol. The Morgan fingerprint density at radius 2 is 1.90 bits per heavy atom. The number of aryl methyl sites for hydroxylation is 2. The quantitative estimate of drug-likeness (QED) is 0.675. The van der Waals surface area contributed by atoms with Gasteiger partial charge in [0.15, 0.2) is 5.78 Å². The molecule has 0 unspecified atom stereocenters. The molecule has 0 atom stereocenters. The first-order valence-corrected chi connectivity index (χ1v) is 10.5. The Bertz CT molecular complexity index is 928. The normalized spacial score (nSPS) is 14.5. The summed E-state index contributed by atoms with van der Waals surface area (Å²) in [5, 5.41) is 0. The molecule has 1 saturated heterocycles. The number of nitrogens with zero attached hydrogens (tertiary/aromatic N) is 2. The largest absolute Gasteiger partial charge is 0.497 e. The van der Waals surface area contributed by atoms with Crippen LogP contribution in [0.3, 0.4) is 0 Å². The van der Waals surface area contributed by atoms with Crippen molar-refractivity contribution in [3.63, 3.8) is 0 Å². The number of hydrogen-bond donors (Lipinski definition) is 1. The molecule has 2 heterocycles. The number of ether oxygens (including phenoxy) is 1. The van der Waals surface area contributed by atoms with Gasteiger partial charge in [-0.3, -0.25) is 14.4 Å². The van der Waals surface area contributed by atoms with Crippen molar-refractivity contribution in [2.45, 2.75) is 45.4 Å². The fourth-order valence-electron chi connectivity index (χ4n) is 3.81. The first-order valence-electron chi connectivity index (χ1n) is 10.5. The Hall–Kier alpha value is -2.96. The summed E-state index contributed by atoms with van der Waals surface area (Å²) in [5.74, 6) is 1.55. The van der Waals surface area contributed by atoms with E-state index in [2.05, 4.69) is 9.97 Å². The van der Waals surface area contributed by atoms with E-state index in [0.717, 1.165) is 11.4 Å². The molecule has 0 aliphatic carbocycles. The summed E-state index contributed by atoms with van der Waals surface area (Å²) in [6.45, 7) is 3.16. The number of likely N-dealkylation sites (tertiary alicyclic amines) is 1. The van der Waals surface area contributed by atoms with Crippen LogP contribution < -0.4 is 10.3 Å². The monoisotopic (exact) mass is 411 g/mol. The number of methoxy groups -OCH3 is 1. The zero-order valence-electron chi connectivity index (χ0n) is 17.6. The molecule has 2 aromatic rings. The highest BCUT2D eigenvalue weighted by Gasteiger charge is 2.27. The maximum atomic E-state index is 12.7. The van der Waals surface area contributed by atoms with E-state index in [-0.39, 0.29) is 23.2 Å². The van der Waals surface area contributed by atoms with E-state index in [4.69, 9.17) is 4.74 Å². The van der Waals surface area contributed by atoms with Crippen molar-refractivity contribution < 1.29 is 14.3 Å². The van der Waals surface area contributed by atoms with E-state index < -0.39 is 0 Å². The number of aromatic amines is 1. The lowest BCUT2D eigenvalue weighted by Gasteiger charge is -2.31. The van der Waals surface area contributed by atoms with Gasteiger partial charge in [-0.15, -0.1) is 0 Å². The van der Waals surface area contributed by atoms with Crippen LogP contribution >= 0.6 is 0 Å². The van der Waals surface area contributed by atoms with Gasteiger partial charge in [-0.05, 0) is 49.9 Å². The number of rotatable bonds is 8. The van der Waals surface area contributed by atoms with Crippen molar-refractivity contribution in [2.24, 2.45) is 5.92 Å². The van der Waals surface area contributed by atoms with E-state index in [1.807, 2.05) is 11.8 Å². The maximum Gasteiger partial charge on any atom is 0.251 e. The van der Waals surface area contributed by atoms with Gasteiger partial charge in [0.1, 0.15) is 11.6 Å². The number of ketones is 1. The van der Waals surface area contributed by atoms with Gasteiger partial charge in [0.25, 0.3) is 5.56 Å². The second-order valence-electron chi connectivity index (χ2n) is 7.64. The molecule has 0 radical (unpaired) electrons. The standard InChI is InChI=1S/C23H29N3O4/c1-3-18-15-21(27)25-20(24-18)5-4-6-22(28)26-13-11-17(12-14-26)23(29)16-7-9-19(30-2)10-8-16/h7-10,15,17H,3-6,11-14H2,1-2H3,(H,24,25,27). The Morgan fingerprint density at radius 1 is 1.20 bits per heavy atom. The highest BCUT2D eigenvalue weighted by molar-refractivity contribution is 5.98. The Labute approximate surface area is 176 Å². The molecule has 1 fully saturated rings. The molecule has 1 aromatic carbocycles. The smallest absolute Gasteiger partial charge is 0.251 e. The molecule has 7 nitrogen and oxygen atoms in total. The molecule has 1 aliphatic heterocycles. The summed E-state index contributed by atoms with van der Waals surface area (Å²) < 4.78 is 5.14. The van der Waals surface area contributed by atoms with Crippen molar-refractivity contribution in [2.75, 3.05) is 20.2 Å². The first kappa shape index (κ1) is 21.7. The van der Waals surface area contributed by atoms with Crippen LogP contribution in [0.1, 0.15) is 54.5 Å². The molecule has 3 rings (SSSR count). The predicted octanol–water partition coefficient (Wildman–Crippen LogP) is 2.79. The molecule has 1 amide bonds. The number of hydrogen-bond acceptors (Lipinski definition) is 5. The zero-order valence-corrected chi connectivity index (χ0v) is 17.6. The van der Waals surface area contributed by atoms with Crippen molar-refractivity contribution in [3.05, 3.63) is 57.8 Å². The molecule has 1 aromatic heterocycles. The predicted molar refractivity (Wildman–Crippen MR) is 114 cm³/mol. The van der Waals surface area contributed by atoms with Crippen molar-refractivity contribution in [3.8, 4) is 5.75 Å². The number of aromatic nitrogens is 2. The highest BCUT2D eigenvalue weighted by atomic mass is 16.5. The van der Waals surface area contributed by atoms with Crippen molar-refractivity contribution >= 4 is 11.7 Å². The minimum atomic E-state index is -0.147. The summed E-state index contributed by atoms with van der Waals surface area (Å²) >= 11 is 0. The van der Waals surface area contributed by atoms with Crippen LogP contribution in [0.15, 0.2) is 35.1 Å². The zero-order chi connectivity index (χ0) is 21.5. The van der Waals surface area contributed by atoms with Crippen LogP contribution in [-0.4, -0.2) is 46.8 Å². The van der Waals surface area contributed by atoms with Gasteiger partial charge < -0.3 is 14.6 Å². The molecule has 0 spiro atoms. The minimum Gasteiger partial charge on any atom is -0.497 e. The van der Waals surface area contributed by atoms with Crippen molar-refractivity contribution in [1.29, 1.82) is 0 Å². The molecule has 0 saturated carbocycles. The molecular weight excluding hydrogens is 382 g/mol. The number of Topliss-reactive ketones (excluding diaryl/α,β-unsaturated/α-hetero) is 1. The van der Waals surface area contributed by atoms with E-state index in [1.54, 1.807) is 31.4 Å². The van der Waals surface area contributed by atoms with Crippen LogP contribution in [-0.2, 0) is 17.6 Å². The summed E-state index contributed by atoms with van der Waals surface area (Å²) in [7, 11) is 1.60. The lowest BCUT2D eigenvalue weighted by atomic mass is 9.88. The Morgan fingerprint density at radius 3 is 2.53 bits per heavy atom. The van der Waals surface area contributed by atoms with Crippen LogP contribution in [0.2, 0.25) is 0 Å². The molecule has 1 aliphatic rings. The average Bonchev–Trinajstić information content (AvgIpc) is 2.78. The van der Waals surface area contributed by atoms with E-state index in [0.29, 0.717) is 63.0 Å². The second kappa shape index (κ2) is 10.2. The minimum absolute atomic E-state index is 0.0477. The summed E-state index contributed by atoms with van der Waals surface area (Å²) in [4.78, 5) is 45.9. The Balaban J connectivity index is 1.45. The van der Waals surface area contributed by atoms with E-state index >= 15 is 0 Å². The topological polar surface area (TPSA) is 92.4 Å². The number of amides is 1. The van der Waals surface area contributed by atoms with Gasteiger partial charge in [0.05, 0.1) is 7.11 Å². The van der Waals surface area contributed by atoms with Gasteiger partial charge in [0.2, 0.25) is 5.91 Å². The van der Waals surface area contributed by atoms with Crippen LogP contribution in [0.25, 0.3) is 0 Å². The lowest BCUT2D eigenvalue weighted by molar-refractivity contribution is -0.132. The maximum absolute atomic E-state index is 12.7. The van der Waals surface area contributed by atoms with Gasteiger partial charge in [-0.1, -0.05) is 6.92 Å². The third-order valence-electron chi connectivity index (χ3n) is 5.60. The fourth-order valence-corrected chi connectivity index (χ4v) is 3.81. The number of nitrogens with one attached hydrogen (secondary N) is 1. The first-order chi connectivity index (χ1) is 14.5. The molecule has 1 N–H and O–H groups in total. The van der Waals surface area contributed by atoms with E-state index in [9.17, 15) is 14.4 Å².